The van der Waals surface area contributed by atoms with Crippen molar-refractivity contribution < 1.29 is 4.74 Å². The lowest BCUT2D eigenvalue weighted by Crippen LogP contribution is -2.60. The monoisotopic (exact) mass is 380 g/mol. The average molecular weight is 381 g/mol. The van der Waals surface area contributed by atoms with Crippen LogP contribution in [0.3, 0.4) is 0 Å². The van der Waals surface area contributed by atoms with Crippen molar-refractivity contribution in [1.29, 1.82) is 0 Å². The number of ether oxygens (including phenoxy) is 1. The van der Waals surface area contributed by atoms with Gasteiger partial charge in [0.2, 0.25) is 0 Å². The Kier molecular flexibility index (Phi) is 8.98. The number of nitrogens with one attached hydrogen (secondary N) is 2. The molecule has 4 heteroatoms. The molecule has 1 aromatic rings. The topological polar surface area (TPSA) is 33.3 Å². The molecule has 3 nitrogen and oxygen atoms in total. The Morgan fingerprint density at radius 3 is 2.50 bits per heavy atom. The Hall–Kier alpha value is -0.710. The zero-order chi connectivity index (χ0) is 17.2. The highest BCUT2D eigenvalue weighted by Crippen LogP contribution is 2.61. The van der Waals surface area contributed by atoms with Gasteiger partial charge in [-0.15, -0.1) is 0 Å². The summed E-state index contributed by atoms with van der Waals surface area (Å²) in [6.45, 7) is 10.5. The second-order valence-electron chi connectivity index (χ2n) is 8.33. The van der Waals surface area contributed by atoms with Gasteiger partial charge in [0.25, 0.3) is 0 Å². The van der Waals surface area contributed by atoms with Crippen molar-refractivity contribution in [2.45, 2.75) is 53.5 Å². The van der Waals surface area contributed by atoms with Crippen LogP contribution in [0.25, 0.3) is 0 Å². The minimum absolute atomic E-state index is 0. The first-order chi connectivity index (χ1) is 11.5. The molecule has 4 atom stereocenters. The predicted octanol–water partition coefficient (Wildman–Crippen LogP) is 4.24. The molecule has 0 spiro atoms. The van der Waals surface area contributed by atoms with Gasteiger partial charge in [-0.25, -0.2) is 0 Å². The van der Waals surface area contributed by atoms with E-state index in [9.17, 15) is 0 Å². The molecule has 0 saturated heterocycles. The minimum atomic E-state index is 0. The van der Waals surface area contributed by atoms with Gasteiger partial charge >= 0.3 is 0 Å². The van der Waals surface area contributed by atoms with Gasteiger partial charge in [-0.3, -0.25) is 0 Å². The van der Waals surface area contributed by atoms with E-state index in [0.29, 0.717) is 5.41 Å². The fourth-order valence-electron chi connectivity index (χ4n) is 5.02. The number of hydrogen-bond acceptors (Lipinski definition) is 3. The number of fused-ring (bicyclic) bond motifs is 2. The Morgan fingerprint density at radius 1 is 1.12 bits per heavy atom. The maximum atomic E-state index is 5.41. The minimum Gasteiger partial charge on any atom is -0.496 e. The van der Waals surface area contributed by atoms with Crippen LogP contribution in [0, 0.1) is 23.2 Å². The van der Waals surface area contributed by atoms with Crippen molar-refractivity contribution in [2.75, 3.05) is 26.7 Å². The molecule has 1 unspecified atom stereocenters. The van der Waals surface area contributed by atoms with Crippen LogP contribution in [0.5, 0.6) is 5.75 Å². The van der Waals surface area contributed by atoms with Crippen molar-refractivity contribution in [3.05, 3.63) is 29.8 Å². The quantitative estimate of drug-likeness (QED) is 0.662. The van der Waals surface area contributed by atoms with E-state index in [-0.39, 0.29) is 20.9 Å². The second-order valence-corrected chi connectivity index (χ2v) is 8.33. The number of para-hydroxylation sites is 1. The molecule has 0 radical (unpaired) electrons. The summed E-state index contributed by atoms with van der Waals surface area (Å²) in [4.78, 5) is 0. The van der Waals surface area contributed by atoms with Gasteiger partial charge in [-0.05, 0) is 60.6 Å². The van der Waals surface area contributed by atoms with Crippen molar-refractivity contribution in [3.63, 3.8) is 0 Å². The fraction of sp³-hybridized carbons (Fsp3) is 0.727. The first-order valence-electron chi connectivity index (χ1n) is 9.60. The summed E-state index contributed by atoms with van der Waals surface area (Å²) in [5, 5.41) is 7.36. The van der Waals surface area contributed by atoms with E-state index in [1.54, 1.807) is 7.11 Å². The Morgan fingerprint density at radius 2 is 1.85 bits per heavy atom. The van der Waals surface area contributed by atoms with Crippen LogP contribution < -0.4 is 15.4 Å². The highest BCUT2D eigenvalue weighted by molar-refractivity contribution is 7.59. The van der Waals surface area contributed by atoms with Crippen molar-refractivity contribution >= 4 is 13.5 Å². The molecule has 3 saturated carbocycles. The third-order valence-corrected chi connectivity index (χ3v) is 6.83. The Labute approximate surface area is 168 Å². The van der Waals surface area contributed by atoms with Gasteiger partial charge in [0.05, 0.1) is 7.11 Å². The number of rotatable bonds is 8. The average Bonchev–Trinajstić information content (AvgIpc) is 2.58. The van der Waals surface area contributed by atoms with E-state index in [0.717, 1.165) is 55.6 Å². The van der Waals surface area contributed by atoms with Crippen molar-refractivity contribution in [1.82, 2.24) is 10.6 Å². The highest BCUT2D eigenvalue weighted by Gasteiger charge is 2.55. The Balaban J connectivity index is 0.00000169. The molecule has 0 aliphatic heterocycles. The SMILES string of the molecule is C.COc1ccccc1CCNCCN[C@@H]1C[C@@H]2CC([C@H]1C)C2(C)C.S. The molecule has 2 bridgehead atoms. The summed E-state index contributed by atoms with van der Waals surface area (Å²) in [7, 11) is 1.74. The lowest BCUT2D eigenvalue weighted by Gasteiger charge is -2.62. The van der Waals surface area contributed by atoms with Crippen molar-refractivity contribution in [3.8, 4) is 5.75 Å². The zero-order valence-electron chi connectivity index (χ0n) is 16.3. The molecule has 3 aliphatic carbocycles. The van der Waals surface area contributed by atoms with Gasteiger partial charge in [-0.1, -0.05) is 46.4 Å². The normalized spacial score (nSPS) is 28.3. The third-order valence-electron chi connectivity index (χ3n) is 6.83. The van der Waals surface area contributed by atoms with E-state index < -0.39 is 0 Å². The van der Waals surface area contributed by atoms with Crippen LogP contribution in [-0.4, -0.2) is 32.8 Å². The van der Waals surface area contributed by atoms with Gasteiger partial charge < -0.3 is 15.4 Å². The van der Waals surface area contributed by atoms with Crippen LogP contribution in [0.4, 0.5) is 0 Å². The summed E-state index contributed by atoms with van der Waals surface area (Å²) in [5.41, 5.74) is 1.87. The summed E-state index contributed by atoms with van der Waals surface area (Å²) >= 11 is 0. The molecule has 1 aromatic carbocycles. The summed E-state index contributed by atoms with van der Waals surface area (Å²) < 4.78 is 5.41. The summed E-state index contributed by atoms with van der Waals surface area (Å²) in [6, 6.07) is 9.01. The fourth-order valence-corrected chi connectivity index (χ4v) is 5.02. The molecular weight excluding hydrogens is 340 g/mol. The lowest BCUT2D eigenvalue weighted by atomic mass is 9.45. The van der Waals surface area contributed by atoms with Crippen LogP contribution in [0.1, 0.15) is 46.6 Å². The molecule has 3 aliphatic rings. The number of benzene rings is 1. The van der Waals surface area contributed by atoms with Crippen LogP contribution in [0.2, 0.25) is 0 Å². The smallest absolute Gasteiger partial charge is 0.122 e. The summed E-state index contributed by atoms with van der Waals surface area (Å²) in [5.74, 6) is 3.68. The Bertz CT molecular complexity index is 549. The maximum Gasteiger partial charge on any atom is 0.122 e. The van der Waals surface area contributed by atoms with Crippen LogP contribution in [-0.2, 0) is 6.42 Å². The largest absolute Gasteiger partial charge is 0.496 e. The predicted molar refractivity (Wildman–Crippen MR) is 118 cm³/mol. The van der Waals surface area contributed by atoms with Gasteiger partial charge in [0.1, 0.15) is 5.75 Å². The molecule has 0 aromatic heterocycles. The first kappa shape index (κ1) is 23.3. The molecule has 3 fully saturated rings. The standard InChI is InChI=1S/C21H34N2O.CH4.H2S/c1-15-18-13-17(21(18,2)3)14-19(15)23-12-11-22-10-9-16-7-5-6-8-20(16)24-4;;/h5-8,15,17-19,22-23H,9-14H2,1-4H3;1H4;1H2/t15-,17+,18?,19-;;/m1../s1. The van der Waals surface area contributed by atoms with Gasteiger partial charge in [-0.2, -0.15) is 13.5 Å². The van der Waals surface area contributed by atoms with Gasteiger partial charge in [0.15, 0.2) is 0 Å². The lowest BCUT2D eigenvalue weighted by molar-refractivity contribution is -0.114. The van der Waals surface area contributed by atoms with E-state index >= 15 is 0 Å². The third kappa shape index (κ3) is 4.76. The number of methoxy groups -OCH3 is 1. The van der Waals surface area contributed by atoms with Crippen LogP contribution >= 0.6 is 13.5 Å². The van der Waals surface area contributed by atoms with E-state index in [2.05, 4.69) is 43.5 Å². The zero-order valence-corrected chi connectivity index (χ0v) is 17.3. The van der Waals surface area contributed by atoms with Crippen molar-refractivity contribution in [2.24, 2.45) is 23.2 Å². The molecular formula is C22H40N2OS. The van der Waals surface area contributed by atoms with Crippen LogP contribution in [0.15, 0.2) is 24.3 Å². The van der Waals surface area contributed by atoms with E-state index in [4.69, 9.17) is 4.74 Å². The highest BCUT2D eigenvalue weighted by atomic mass is 32.1. The van der Waals surface area contributed by atoms with E-state index in [1.165, 1.54) is 18.4 Å². The molecule has 150 valence electrons. The van der Waals surface area contributed by atoms with Gasteiger partial charge in [0, 0.05) is 19.1 Å². The van der Waals surface area contributed by atoms with E-state index in [1.807, 2.05) is 12.1 Å². The molecule has 4 rings (SSSR count). The molecule has 0 amide bonds. The molecule has 26 heavy (non-hydrogen) atoms. The molecule has 2 N–H and O–H groups in total. The second kappa shape index (κ2) is 10.0. The summed E-state index contributed by atoms with van der Waals surface area (Å²) in [6.07, 6.45) is 3.84. The molecule has 0 heterocycles. The first-order valence-corrected chi connectivity index (χ1v) is 9.60. The number of hydrogen-bond donors (Lipinski definition) is 2. The maximum absolute atomic E-state index is 5.41.